The van der Waals surface area contributed by atoms with Crippen molar-refractivity contribution in [1.82, 2.24) is 5.16 Å². The van der Waals surface area contributed by atoms with Gasteiger partial charge < -0.3 is 19.3 Å². The smallest absolute Gasteiger partial charge is 0.266 e. The fourth-order valence-electron chi connectivity index (χ4n) is 1.77. The molecule has 0 spiro atoms. The van der Waals surface area contributed by atoms with Crippen molar-refractivity contribution in [3.8, 4) is 11.5 Å². The number of anilines is 1. The average molecular weight is 290 g/mol. The predicted octanol–water partition coefficient (Wildman–Crippen LogP) is 2.79. The van der Waals surface area contributed by atoms with Gasteiger partial charge in [-0.3, -0.25) is 4.79 Å². The molecule has 1 aromatic heterocycles. The summed E-state index contributed by atoms with van der Waals surface area (Å²) in [5.74, 6) is 2.09. The summed E-state index contributed by atoms with van der Waals surface area (Å²) in [4.78, 5) is 12.1. The van der Waals surface area contributed by atoms with Crippen molar-refractivity contribution in [1.29, 1.82) is 0 Å². The minimum atomic E-state index is -0.601. The molecule has 0 aliphatic rings. The molecule has 21 heavy (non-hydrogen) atoms. The topological polar surface area (TPSA) is 73.6 Å². The number of carbonyl (C=O) groups excluding carboxylic acids is 1. The van der Waals surface area contributed by atoms with Crippen LogP contribution in [0.5, 0.6) is 11.5 Å². The molecule has 1 amide bonds. The first-order chi connectivity index (χ1) is 10.1. The number of hydrogen-bond donors (Lipinski definition) is 1. The van der Waals surface area contributed by atoms with E-state index in [0.29, 0.717) is 23.7 Å². The van der Waals surface area contributed by atoms with Gasteiger partial charge in [-0.25, -0.2) is 0 Å². The third kappa shape index (κ3) is 3.98. The van der Waals surface area contributed by atoms with Gasteiger partial charge in [-0.15, -0.1) is 0 Å². The van der Waals surface area contributed by atoms with Gasteiger partial charge in [0.25, 0.3) is 5.91 Å². The van der Waals surface area contributed by atoms with Gasteiger partial charge >= 0.3 is 0 Å². The van der Waals surface area contributed by atoms with Crippen LogP contribution in [0.4, 0.5) is 5.82 Å². The number of aryl methyl sites for hydroxylation is 1. The van der Waals surface area contributed by atoms with E-state index in [1.54, 1.807) is 44.4 Å². The van der Waals surface area contributed by atoms with E-state index in [4.69, 9.17) is 14.0 Å². The molecule has 0 unspecified atom stereocenters. The van der Waals surface area contributed by atoms with Crippen LogP contribution in [0.15, 0.2) is 34.9 Å². The second kappa shape index (κ2) is 6.78. The first-order valence-corrected chi connectivity index (χ1v) is 6.67. The highest BCUT2D eigenvalue weighted by Gasteiger charge is 2.19. The molecule has 1 heterocycles. The Morgan fingerprint density at radius 2 is 2.00 bits per heavy atom. The Balaban J connectivity index is 1.99. The van der Waals surface area contributed by atoms with Gasteiger partial charge in [0.1, 0.15) is 17.3 Å². The van der Waals surface area contributed by atoms with E-state index in [1.807, 2.05) is 6.92 Å². The van der Waals surface area contributed by atoms with Crippen LogP contribution in [0, 0.1) is 6.92 Å². The van der Waals surface area contributed by atoms with Crippen molar-refractivity contribution < 1.29 is 18.8 Å². The van der Waals surface area contributed by atoms with Crippen LogP contribution >= 0.6 is 0 Å². The quantitative estimate of drug-likeness (QED) is 0.885. The molecule has 2 rings (SSSR count). The molecule has 6 nitrogen and oxygen atoms in total. The van der Waals surface area contributed by atoms with Gasteiger partial charge in [0.05, 0.1) is 7.11 Å². The Labute approximate surface area is 123 Å². The lowest BCUT2D eigenvalue weighted by Gasteiger charge is -2.16. The summed E-state index contributed by atoms with van der Waals surface area (Å²) in [5, 5.41) is 6.39. The number of ether oxygens (including phenoxy) is 2. The van der Waals surface area contributed by atoms with E-state index in [0.717, 1.165) is 5.75 Å². The maximum Gasteiger partial charge on any atom is 0.266 e. The number of aromatic nitrogens is 1. The molecule has 0 aliphatic heterocycles. The lowest BCUT2D eigenvalue weighted by molar-refractivity contribution is -0.122. The van der Waals surface area contributed by atoms with E-state index in [1.165, 1.54) is 0 Å². The van der Waals surface area contributed by atoms with Crippen LogP contribution in [0.1, 0.15) is 19.1 Å². The fraction of sp³-hybridized carbons (Fsp3) is 0.333. The number of nitrogens with zero attached hydrogens (tertiary/aromatic N) is 1. The van der Waals surface area contributed by atoms with Gasteiger partial charge in [-0.1, -0.05) is 12.1 Å². The van der Waals surface area contributed by atoms with Crippen LogP contribution in [0.3, 0.4) is 0 Å². The molecule has 0 fully saturated rings. The Kier molecular flexibility index (Phi) is 4.81. The molecular weight excluding hydrogens is 272 g/mol. The van der Waals surface area contributed by atoms with Gasteiger partial charge in [0.2, 0.25) is 0 Å². The Morgan fingerprint density at radius 1 is 1.33 bits per heavy atom. The standard InChI is InChI=1S/C15H18N2O4/c1-4-13(15(18)16-14-9-10(2)21-17-14)20-12-7-5-11(19-3)6-8-12/h5-9,13H,4H2,1-3H3,(H,16,17,18)/t13-/m1/s1. The van der Waals surface area contributed by atoms with E-state index in [-0.39, 0.29) is 5.91 Å². The SMILES string of the molecule is CC[C@@H](Oc1ccc(OC)cc1)C(=O)Nc1cc(C)on1. The Morgan fingerprint density at radius 3 is 2.52 bits per heavy atom. The fourth-order valence-corrected chi connectivity index (χ4v) is 1.77. The van der Waals surface area contributed by atoms with Gasteiger partial charge in [0, 0.05) is 6.07 Å². The van der Waals surface area contributed by atoms with Crippen molar-refractivity contribution in [2.75, 3.05) is 12.4 Å². The lowest BCUT2D eigenvalue weighted by atomic mass is 10.2. The molecule has 112 valence electrons. The van der Waals surface area contributed by atoms with Gasteiger partial charge in [-0.05, 0) is 37.6 Å². The van der Waals surface area contributed by atoms with Crippen LogP contribution in [0.25, 0.3) is 0 Å². The van der Waals surface area contributed by atoms with Crippen molar-refractivity contribution in [2.24, 2.45) is 0 Å². The minimum Gasteiger partial charge on any atom is -0.497 e. The van der Waals surface area contributed by atoms with Crippen LogP contribution in [-0.2, 0) is 4.79 Å². The van der Waals surface area contributed by atoms with Crippen molar-refractivity contribution in [2.45, 2.75) is 26.4 Å². The van der Waals surface area contributed by atoms with E-state index >= 15 is 0 Å². The Bertz CT molecular complexity index is 592. The zero-order chi connectivity index (χ0) is 15.2. The van der Waals surface area contributed by atoms with E-state index in [2.05, 4.69) is 10.5 Å². The Hall–Kier alpha value is -2.50. The third-order valence-corrected chi connectivity index (χ3v) is 2.88. The van der Waals surface area contributed by atoms with Crippen molar-refractivity contribution >= 4 is 11.7 Å². The first kappa shape index (κ1) is 14.9. The monoisotopic (exact) mass is 290 g/mol. The number of carbonyl (C=O) groups is 1. The number of nitrogens with one attached hydrogen (secondary N) is 1. The molecule has 0 bridgehead atoms. The molecule has 0 radical (unpaired) electrons. The molecule has 0 aliphatic carbocycles. The molecule has 6 heteroatoms. The molecule has 0 saturated heterocycles. The lowest BCUT2D eigenvalue weighted by Crippen LogP contribution is -2.32. The van der Waals surface area contributed by atoms with Crippen molar-refractivity contribution in [3.05, 3.63) is 36.1 Å². The summed E-state index contributed by atoms with van der Waals surface area (Å²) in [5.41, 5.74) is 0. The summed E-state index contributed by atoms with van der Waals surface area (Å²) in [6, 6.07) is 8.73. The van der Waals surface area contributed by atoms with Crippen LogP contribution in [-0.4, -0.2) is 24.3 Å². The summed E-state index contributed by atoms with van der Waals surface area (Å²) in [7, 11) is 1.60. The second-order valence-corrected chi connectivity index (χ2v) is 4.50. The highest BCUT2D eigenvalue weighted by Crippen LogP contribution is 2.19. The second-order valence-electron chi connectivity index (χ2n) is 4.50. The maximum absolute atomic E-state index is 12.1. The number of hydrogen-bond acceptors (Lipinski definition) is 5. The van der Waals surface area contributed by atoms with Crippen LogP contribution < -0.4 is 14.8 Å². The largest absolute Gasteiger partial charge is 0.497 e. The summed E-state index contributed by atoms with van der Waals surface area (Å²) in [6.07, 6.45) is -0.0651. The molecule has 0 saturated carbocycles. The minimum absolute atomic E-state index is 0.262. The number of amides is 1. The first-order valence-electron chi connectivity index (χ1n) is 6.67. The number of rotatable bonds is 6. The highest BCUT2D eigenvalue weighted by molar-refractivity contribution is 5.93. The van der Waals surface area contributed by atoms with E-state index in [9.17, 15) is 4.79 Å². The predicted molar refractivity (Wildman–Crippen MR) is 77.6 cm³/mol. The number of benzene rings is 1. The zero-order valence-corrected chi connectivity index (χ0v) is 12.3. The molecule has 2 aromatic rings. The normalized spacial score (nSPS) is 11.8. The average Bonchev–Trinajstić information content (AvgIpc) is 2.90. The summed E-state index contributed by atoms with van der Waals surface area (Å²) in [6.45, 7) is 3.63. The molecule has 1 atom stereocenters. The summed E-state index contributed by atoms with van der Waals surface area (Å²) < 4.78 is 15.7. The van der Waals surface area contributed by atoms with Gasteiger partial charge in [-0.2, -0.15) is 0 Å². The highest BCUT2D eigenvalue weighted by atomic mass is 16.5. The zero-order valence-electron chi connectivity index (χ0n) is 12.3. The maximum atomic E-state index is 12.1. The molecular formula is C15H18N2O4. The van der Waals surface area contributed by atoms with Gasteiger partial charge in [0.15, 0.2) is 11.9 Å². The van der Waals surface area contributed by atoms with E-state index < -0.39 is 6.10 Å². The number of methoxy groups -OCH3 is 1. The summed E-state index contributed by atoms with van der Waals surface area (Å²) >= 11 is 0. The molecule has 1 N–H and O–H groups in total. The third-order valence-electron chi connectivity index (χ3n) is 2.88. The van der Waals surface area contributed by atoms with Crippen LogP contribution in [0.2, 0.25) is 0 Å². The van der Waals surface area contributed by atoms with Crippen molar-refractivity contribution in [3.63, 3.8) is 0 Å². The molecule has 1 aromatic carbocycles.